The van der Waals surface area contributed by atoms with Crippen LogP contribution in [0.25, 0.3) is 0 Å². The van der Waals surface area contributed by atoms with Crippen LogP contribution in [0.4, 0.5) is 0 Å². The molecule has 2 unspecified atom stereocenters. The molecule has 1 aliphatic rings. The number of ether oxygens (including phenoxy) is 1. The topological polar surface area (TPSA) is 47.3 Å². The Balaban J connectivity index is 2.16. The molecule has 0 aliphatic carbocycles. The molecule has 0 saturated carbocycles. The molecular weight excluding hydrogens is 188 g/mol. The van der Waals surface area contributed by atoms with Crippen molar-refractivity contribution in [2.24, 2.45) is 5.73 Å². The zero-order chi connectivity index (χ0) is 11.1. The van der Waals surface area contributed by atoms with Gasteiger partial charge in [-0.05, 0) is 26.2 Å². The molecular formula is C12H26N2O. The Morgan fingerprint density at radius 1 is 1.53 bits per heavy atom. The minimum Gasteiger partial charge on any atom is -0.380 e. The van der Waals surface area contributed by atoms with Crippen LogP contribution < -0.4 is 11.1 Å². The molecule has 1 fully saturated rings. The Labute approximate surface area is 93.8 Å². The second-order valence-electron chi connectivity index (χ2n) is 5.00. The molecule has 3 N–H and O–H groups in total. The minimum atomic E-state index is 0.155. The Kier molecular flexibility index (Phi) is 5.58. The summed E-state index contributed by atoms with van der Waals surface area (Å²) in [5.74, 6) is 0. The van der Waals surface area contributed by atoms with Crippen LogP contribution in [0.3, 0.4) is 0 Å². The molecule has 1 heterocycles. The Morgan fingerprint density at radius 3 is 2.93 bits per heavy atom. The molecule has 0 radical (unpaired) electrons. The first-order valence-electron chi connectivity index (χ1n) is 6.24. The average Bonchev–Trinajstić information content (AvgIpc) is 2.25. The lowest BCUT2D eigenvalue weighted by atomic mass is 9.94. The van der Waals surface area contributed by atoms with Crippen molar-refractivity contribution in [2.45, 2.75) is 57.5 Å². The number of hydrogen-bond acceptors (Lipinski definition) is 3. The lowest BCUT2D eigenvalue weighted by Crippen LogP contribution is -2.52. The summed E-state index contributed by atoms with van der Waals surface area (Å²) in [6, 6.07) is 0.295. The number of rotatable bonds is 6. The van der Waals surface area contributed by atoms with Crippen LogP contribution in [0.5, 0.6) is 0 Å². The standard InChI is InChI=1S/C12H26N2O/c1-3-4-6-11(13)9-14-12(2)7-5-8-15-10-12/h11,14H,3-10,13H2,1-2H3. The summed E-state index contributed by atoms with van der Waals surface area (Å²) < 4.78 is 5.50. The normalized spacial score (nSPS) is 29.0. The van der Waals surface area contributed by atoms with Gasteiger partial charge in [0, 0.05) is 24.7 Å². The monoisotopic (exact) mass is 214 g/mol. The molecule has 2 atom stereocenters. The first-order valence-corrected chi connectivity index (χ1v) is 6.24. The molecule has 1 aliphatic heterocycles. The SMILES string of the molecule is CCCCC(N)CNC1(C)CCCOC1. The Bertz CT molecular complexity index is 167. The van der Waals surface area contributed by atoms with E-state index in [2.05, 4.69) is 19.2 Å². The summed E-state index contributed by atoms with van der Waals surface area (Å²) in [7, 11) is 0. The number of nitrogens with one attached hydrogen (secondary N) is 1. The zero-order valence-electron chi connectivity index (χ0n) is 10.2. The largest absolute Gasteiger partial charge is 0.380 e. The first-order chi connectivity index (χ1) is 7.16. The maximum atomic E-state index is 6.03. The molecule has 0 bridgehead atoms. The highest BCUT2D eigenvalue weighted by atomic mass is 16.5. The van der Waals surface area contributed by atoms with Crippen LogP contribution >= 0.6 is 0 Å². The van der Waals surface area contributed by atoms with E-state index in [9.17, 15) is 0 Å². The third kappa shape index (κ3) is 4.96. The van der Waals surface area contributed by atoms with Crippen molar-refractivity contribution < 1.29 is 4.74 Å². The van der Waals surface area contributed by atoms with Crippen molar-refractivity contribution in [1.82, 2.24) is 5.32 Å². The molecule has 3 heteroatoms. The molecule has 0 aromatic carbocycles. The minimum absolute atomic E-state index is 0.155. The van der Waals surface area contributed by atoms with Crippen molar-refractivity contribution >= 4 is 0 Å². The maximum Gasteiger partial charge on any atom is 0.0645 e. The number of unbranched alkanes of at least 4 members (excludes halogenated alkanes) is 1. The van der Waals surface area contributed by atoms with Gasteiger partial charge in [0.05, 0.1) is 6.61 Å². The van der Waals surface area contributed by atoms with Crippen LogP contribution in [0.1, 0.15) is 46.0 Å². The van der Waals surface area contributed by atoms with E-state index < -0.39 is 0 Å². The van der Waals surface area contributed by atoms with Gasteiger partial charge in [-0.1, -0.05) is 19.8 Å². The van der Waals surface area contributed by atoms with Gasteiger partial charge in [0.25, 0.3) is 0 Å². The molecule has 90 valence electrons. The molecule has 0 aromatic heterocycles. The molecule has 0 amide bonds. The summed E-state index contributed by atoms with van der Waals surface area (Å²) in [6.07, 6.45) is 5.95. The van der Waals surface area contributed by atoms with Gasteiger partial charge >= 0.3 is 0 Å². The third-order valence-corrected chi connectivity index (χ3v) is 3.16. The molecule has 3 nitrogen and oxygen atoms in total. The van der Waals surface area contributed by atoms with E-state index in [1.54, 1.807) is 0 Å². The van der Waals surface area contributed by atoms with E-state index in [1.165, 1.54) is 19.3 Å². The van der Waals surface area contributed by atoms with Crippen molar-refractivity contribution in [3.63, 3.8) is 0 Å². The lowest BCUT2D eigenvalue weighted by Gasteiger charge is -2.35. The summed E-state index contributed by atoms with van der Waals surface area (Å²) in [5.41, 5.74) is 6.19. The first kappa shape index (κ1) is 12.9. The lowest BCUT2D eigenvalue weighted by molar-refractivity contribution is 0.0280. The highest BCUT2D eigenvalue weighted by Gasteiger charge is 2.27. The highest BCUT2D eigenvalue weighted by Crippen LogP contribution is 2.18. The fraction of sp³-hybridized carbons (Fsp3) is 1.00. The quantitative estimate of drug-likeness (QED) is 0.707. The molecule has 1 rings (SSSR count). The van der Waals surface area contributed by atoms with Gasteiger partial charge in [-0.3, -0.25) is 0 Å². The predicted octanol–water partition coefficient (Wildman–Crippen LogP) is 1.66. The van der Waals surface area contributed by atoms with Gasteiger partial charge in [0.2, 0.25) is 0 Å². The van der Waals surface area contributed by atoms with Crippen molar-refractivity contribution in [3.05, 3.63) is 0 Å². The maximum absolute atomic E-state index is 6.03. The van der Waals surface area contributed by atoms with Gasteiger partial charge in [-0.2, -0.15) is 0 Å². The van der Waals surface area contributed by atoms with Crippen LogP contribution in [-0.2, 0) is 4.74 Å². The fourth-order valence-corrected chi connectivity index (χ4v) is 2.02. The van der Waals surface area contributed by atoms with E-state index in [1.807, 2.05) is 0 Å². The van der Waals surface area contributed by atoms with E-state index in [4.69, 9.17) is 10.5 Å². The van der Waals surface area contributed by atoms with E-state index in [-0.39, 0.29) is 5.54 Å². The predicted molar refractivity (Wildman–Crippen MR) is 64.0 cm³/mol. The van der Waals surface area contributed by atoms with Crippen molar-refractivity contribution in [3.8, 4) is 0 Å². The molecule has 0 aromatic rings. The van der Waals surface area contributed by atoms with Crippen molar-refractivity contribution in [1.29, 1.82) is 0 Å². The second-order valence-corrected chi connectivity index (χ2v) is 5.00. The van der Waals surface area contributed by atoms with Gasteiger partial charge in [-0.25, -0.2) is 0 Å². The third-order valence-electron chi connectivity index (χ3n) is 3.16. The van der Waals surface area contributed by atoms with E-state index >= 15 is 0 Å². The summed E-state index contributed by atoms with van der Waals surface area (Å²) >= 11 is 0. The summed E-state index contributed by atoms with van der Waals surface area (Å²) in [5, 5.41) is 3.56. The molecule has 0 spiro atoms. The van der Waals surface area contributed by atoms with Crippen LogP contribution in [0.2, 0.25) is 0 Å². The van der Waals surface area contributed by atoms with Crippen LogP contribution in [0, 0.1) is 0 Å². The number of hydrogen-bond donors (Lipinski definition) is 2. The van der Waals surface area contributed by atoms with Gasteiger partial charge in [-0.15, -0.1) is 0 Å². The van der Waals surface area contributed by atoms with Crippen LogP contribution in [-0.4, -0.2) is 31.3 Å². The Morgan fingerprint density at radius 2 is 2.33 bits per heavy atom. The highest BCUT2D eigenvalue weighted by molar-refractivity contribution is 4.86. The van der Waals surface area contributed by atoms with Gasteiger partial charge in [0.15, 0.2) is 0 Å². The van der Waals surface area contributed by atoms with Gasteiger partial charge < -0.3 is 15.8 Å². The molecule has 15 heavy (non-hydrogen) atoms. The van der Waals surface area contributed by atoms with Crippen LogP contribution in [0.15, 0.2) is 0 Å². The van der Waals surface area contributed by atoms with E-state index in [0.717, 1.165) is 32.6 Å². The Hall–Kier alpha value is -0.120. The number of nitrogens with two attached hydrogens (primary N) is 1. The molecule has 1 saturated heterocycles. The van der Waals surface area contributed by atoms with E-state index in [0.29, 0.717) is 6.04 Å². The summed E-state index contributed by atoms with van der Waals surface area (Å²) in [4.78, 5) is 0. The summed E-state index contributed by atoms with van der Waals surface area (Å²) in [6.45, 7) is 7.10. The van der Waals surface area contributed by atoms with Crippen molar-refractivity contribution in [2.75, 3.05) is 19.8 Å². The fourth-order valence-electron chi connectivity index (χ4n) is 2.02. The average molecular weight is 214 g/mol. The second kappa shape index (κ2) is 6.46. The zero-order valence-corrected chi connectivity index (χ0v) is 10.2. The smallest absolute Gasteiger partial charge is 0.0645 e. The van der Waals surface area contributed by atoms with Gasteiger partial charge in [0.1, 0.15) is 0 Å².